The van der Waals surface area contributed by atoms with E-state index in [2.05, 4.69) is 22.5 Å². The average molecular weight is 531 g/mol. The lowest BCUT2D eigenvalue weighted by Crippen LogP contribution is -2.53. The van der Waals surface area contributed by atoms with Crippen molar-refractivity contribution in [2.24, 2.45) is 5.92 Å². The molecule has 2 aliphatic heterocycles. The molecule has 38 heavy (non-hydrogen) atoms. The van der Waals surface area contributed by atoms with E-state index in [9.17, 15) is 23.5 Å². The number of hydrogen-bond acceptors (Lipinski definition) is 6. The van der Waals surface area contributed by atoms with E-state index in [0.29, 0.717) is 31.7 Å². The van der Waals surface area contributed by atoms with E-state index in [1.807, 2.05) is 6.07 Å². The second kappa shape index (κ2) is 13.2. The predicted molar refractivity (Wildman–Crippen MR) is 137 cm³/mol. The fourth-order valence-electron chi connectivity index (χ4n) is 5.15. The topological polar surface area (TPSA) is 104 Å². The summed E-state index contributed by atoms with van der Waals surface area (Å²) in [5.41, 5.74) is 1.19. The number of aromatic nitrogens is 1. The highest BCUT2D eigenvalue weighted by molar-refractivity contribution is 5.89. The summed E-state index contributed by atoms with van der Waals surface area (Å²) in [7, 11) is 0. The van der Waals surface area contributed by atoms with Gasteiger partial charge in [0.05, 0.1) is 24.2 Å². The fourth-order valence-corrected chi connectivity index (χ4v) is 5.15. The second-order valence-corrected chi connectivity index (χ2v) is 10.2. The molecule has 2 amide bonds. The number of aliphatic hydroxyl groups is 1. The summed E-state index contributed by atoms with van der Waals surface area (Å²) in [4.78, 5) is 31.6. The first-order valence-corrected chi connectivity index (χ1v) is 13.3. The zero-order valence-electron chi connectivity index (χ0n) is 21.6. The molecule has 2 saturated heterocycles. The summed E-state index contributed by atoms with van der Waals surface area (Å²) in [6, 6.07) is 5.65. The molecular weight excluding hydrogens is 494 g/mol. The summed E-state index contributed by atoms with van der Waals surface area (Å²) in [5, 5.41) is 17.4. The van der Waals surface area contributed by atoms with Crippen molar-refractivity contribution in [2.75, 3.05) is 19.7 Å². The van der Waals surface area contributed by atoms with Crippen LogP contribution in [0.2, 0.25) is 0 Å². The Morgan fingerprint density at radius 3 is 2.79 bits per heavy atom. The van der Waals surface area contributed by atoms with Gasteiger partial charge in [0.2, 0.25) is 11.8 Å². The molecule has 206 valence electrons. The van der Waals surface area contributed by atoms with Crippen LogP contribution in [0.1, 0.15) is 43.7 Å². The van der Waals surface area contributed by atoms with E-state index in [1.54, 1.807) is 23.4 Å². The van der Waals surface area contributed by atoms with Gasteiger partial charge < -0.3 is 25.4 Å². The van der Waals surface area contributed by atoms with Crippen LogP contribution in [-0.2, 0) is 27.3 Å². The molecule has 0 aliphatic carbocycles. The van der Waals surface area contributed by atoms with Crippen molar-refractivity contribution < 1.29 is 28.2 Å². The minimum Gasteiger partial charge on any atom is -0.389 e. The monoisotopic (exact) mass is 530 g/mol. The van der Waals surface area contributed by atoms with Crippen LogP contribution in [0.15, 0.2) is 42.7 Å². The Hall–Kier alpha value is -2.95. The van der Waals surface area contributed by atoms with Gasteiger partial charge in [-0.2, -0.15) is 0 Å². The van der Waals surface area contributed by atoms with Crippen LogP contribution in [0.25, 0.3) is 0 Å². The summed E-state index contributed by atoms with van der Waals surface area (Å²) in [6.07, 6.45) is 4.85. The molecule has 0 saturated carbocycles. The molecule has 10 heteroatoms. The highest BCUT2D eigenvalue weighted by atomic mass is 19.1. The summed E-state index contributed by atoms with van der Waals surface area (Å²) in [6.45, 7) is 3.89. The molecule has 4 rings (SSSR count). The van der Waals surface area contributed by atoms with Gasteiger partial charge in [-0.25, -0.2) is 8.78 Å². The van der Waals surface area contributed by atoms with Crippen LogP contribution >= 0.6 is 0 Å². The summed E-state index contributed by atoms with van der Waals surface area (Å²) >= 11 is 0. The lowest BCUT2D eigenvalue weighted by atomic mass is 9.94. The van der Waals surface area contributed by atoms with E-state index in [4.69, 9.17) is 4.74 Å². The number of carbonyl (C=O) groups excluding carboxylic acids is 2. The van der Waals surface area contributed by atoms with Crippen molar-refractivity contribution in [1.29, 1.82) is 0 Å². The normalized spacial score (nSPS) is 23.0. The van der Waals surface area contributed by atoms with E-state index < -0.39 is 29.7 Å². The first-order valence-electron chi connectivity index (χ1n) is 13.3. The Morgan fingerprint density at radius 1 is 1.29 bits per heavy atom. The van der Waals surface area contributed by atoms with Gasteiger partial charge in [-0.1, -0.05) is 19.4 Å². The third kappa shape index (κ3) is 7.55. The molecule has 2 fully saturated rings. The standard InChI is InChI=1S/C28H36F2N4O4/c1-2-3-7-38-23-13-24(32-15-23)27(36)25(10-19-8-21(29)12-22(30)9-19)33-28(37)20-11-26(35)34(17-20)16-18-5-4-6-31-14-18/h4-6,8-9,12,14,20,23-25,27,32,36H,2-3,7,10-11,13,15-17H2,1H3,(H,33,37)/t20?,23-,24-,25+,27-/m1/s1. The van der Waals surface area contributed by atoms with Crippen molar-refractivity contribution >= 4 is 11.8 Å². The second-order valence-electron chi connectivity index (χ2n) is 10.2. The Bertz CT molecular complexity index is 1070. The van der Waals surface area contributed by atoms with Crippen LogP contribution < -0.4 is 10.6 Å². The number of halogens is 2. The third-order valence-corrected chi connectivity index (χ3v) is 7.19. The first kappa shape index (κ1) is 28.1. The van der Waals surface area contributed by atoms with Gasteiger partial charge in [-0.3, -0.25) is 14.6 Å². The van der Waals surface area contributed by atoms with Crippen LogP contribution in [0, 0.1) is 17.6 Å². The number of hydrogen-bond donors (Lipinski definition) is 3. The van der Waals surface area contributed by atoms with Gasteiger partial charge in [0.15, 0.2) is 0 Å². The molecule has 0 bridgehead atoms. The molecule has 5 atom stereocenters. The highest BCUT2D eigenvalue weighted by Gasteiger charge is 2.39. The molecular formula is C28H36F2N4O4. The molecule has 1 aromatic heterocycles. The molecule has 0 radical (unpaired) electrons. The minimum absolute atomic E-state index is 0.0290. The smallest absolute Gasteiger partial charge is 0.225 e. The fraction of sp³-hybridized carbons (Fsp3) is 0.536. The van der Waals surface area contributed by atoms with E-state index in [0.717, 1.165) is 24.5 Å². The molecule has 0 spiro atoms. The number of ether oxygens (including phenoxy) is 1. The maximum atomic E-state index is 13.9. The largest absolute Gasteiger partial charge is 0.389 e. The zero-order valence-corrected chi connectivity index (χ0v) is 21.6. The predicted octanol–water partition coefficient (Wildman–Crippen LogP) is 2.34. The maximum Gasteiger partial charge on any atom is 0.225 e. The Balaban J connectivity index is 1.43. The minimum atomic E-state index is -1.03. The van der Waals surface area contributed by atoms with E-state index in [-0.39, 0.29) is 43.3 Å². The maximum absolute atomic E-state index is 13.9. The number of nitrogens with one attached hydrogen (secondary N) is 2. The number of benzene rings is 1. The van der Waals surface area contributed by atoms with Gasteiger partial charge in [0, 0.05) is 57.2 Å². The Kier molecular flexibility index (Phi) is 9.76. The number of carbonyl (C=O) groups is 2. The first-order chi connectivity index (χ1) is 18.3. The number of aliphatic hydroxyl groups excluding tert-OH is 1. The van der Waals surface area contributed by atoms with E-state index >= 15 is 0 Å². The Labute approximate surface area is 221 Å². The van der Waals surface area contributed by atoms with Crippen LogP contribution in [0.5, 0.6) is 0 Å². The number of amides is 2. The molecule has 2 aliphatic rings. The zero-order chi connectivity index (χ0) is 27.1. The van der Waals surface area contributed by atoms with Crippen molar-refractivity contribution in [3.63, 3.8) is 0 Å². The SMILES string of the molecule is CCCCO[C@H]1CN[C@@H]([C@@H](O)[C@H](Cc2cc(F)cc(F)c2)NC(=O)C2CC(=O)N(Cc3cccnc3)C2)C1. The Morgan fingerprint density at radius 2 is 2.08 bits per heavy atom. The van der Waals surface area contributed by atoms with Crippen LogP contribution in [0.4, 0.5) is 8.78 Å². The summed E-state index contributed by atoms with van der Waals surface area (Å²) < 4.78 is 33.7. The highest BCUT2D eigenvalue weighted by Crippen LogP contribution is 2.23. The number of likely N-dealkylation sites (tertiary alicyclic amines) is 1. The van der Waals surface area contributed by atoms with Gasteiger partial charge in [-0.15, -0.1) is 0 Å². The average Bonchev–Trinajstić information content (AvgIpc) is 3.50. The van der Waals surface area contributed by atoms with Gasteiger partial charge in [0.1, 0.15) is 11.6 Å². The molecule has 3 N–H and O–H groups in total. The quantitative estimate of drug-likeness (QED) is 0.364. The summed E-state index contributed by atoms with van der Waals surface area (Å²) in [5.74, 6) is -2.56. The molecule has 2 aromatic rings. The van der Waals surface area contributed by atoms with E-state index in [1.165, 1.54) is 12.1 Å². The lowest BCUT2D eigenvalue weighted by Gasteiger charge is -2.29. The van der Waals surface area contributed by atoms with Crippen molar-refractivity contribution in [3.05, 3.63) is 65.5 Å². The van der Waals surface area contributed by atoms with Crippen LogP contribution in [0.3, 0.4) is 0 Å². The number of rotatable bonds is 12. The molecule has 3 heterocycles. The van der Waals surface area contributed by atoms with Crippen molar-refractivity contribution in [3.8, 4) is 0 Å². The molecule has 1 unspecified atom stereocenters. The molecule has 1 aromatic carbocycles. The van der Waals surface area contributed by atoms with Crippen molar-refractivity contribution in [1.82, 2.24) is 20.5 Å². The third-order valence-electron chi connectivity index (χ3n) is 7.19. The lowest BCUT2D eigenvalue weighted by molar-refractivity contribution is -0.129. The van der Waals surface area contributed by atoms with Gasteiger partial charge >= 0.3 is 0 Å². The van der Waals surface area contributed by atoms with Gasteiger partial charge in [0.25, 0.3) is 0 Å². The number of pyridine rings is 1. The number of nitrogens with zero attached hydrogens (tertiary/aromatic N) is 2. The van der Waals surface area contributed by atoms with Crippen molar-refractivity contribution in [2.45, 2.75) is 69.9 Å². The van der Waals surface area contributed by atoms with Gasteiger partial charge in [-0.05, 0) is 48.6 Å². The van der Waals surface area contributed by atoms with Crippen LogP contribution in [-0.4, -0.2) is 70.8 Å². The molecule has 8 nitrogen and oxygen atoms in total. The number of unbranched alkanes of at least 4 members (excludes halogenated alkanes) is 1.